The molecule has 3 rings (SSSR count). The first-order valence-electron chi connectivity index (χ1n) is 9.09. The molecule has 0 aliphatic rings. The van der Waals surface area contributed by atoms with Crippen LogP contribution in [0, 0.1) is 11.7 Å². The second-order valence-electron chi connectivity index (χ2n) is 7.02. The Labute approximate surface area is 165 Å². The summed E-state index contributed by atoms with van der Waals surface area (Å²) in [5.41, 5.74) is -0.442. The Morgan fingerprint density at radius 2 is 1.93 bits per heavy atom. The molecular weight excluding hydrogens is 381 g/mol. The second-order valence-corrected chi connectivity index (χ2v) is 7.93. The molecule has 0 unspecified atom stereocenters. The third-order valence-electron chi connectivity index (χ3n) is 4.47. The molecule has 0 spiro atoms. The fourth-order valence-corrected chi connectivity index (χ4v) is 3.77. The Morgan fingerprint density at radius 1 is 1.18 bits per heavy atom. The van der Waals surface area contributed by atoms with E-state index in [-0.39, 0.29) is 24.6 Å². The van der Waals surface area contributed by atoms with Crippen molar-refractivity contribution >= 4 is 27.5 Å². The third-order valence-corrected chi connectivity index (χ3v) is 5.36. The van der Waals surface area contributed by atoms with Crippen molar-refractivity contribution in [3.8, 4) is 0 Å². The molecule has 0 bridgehead atoms. The largest absolute Gasteiger partial charge is 0.355 e. The number of hydrogen-bond acceptors (Lipinski definition) is 4. The van der Waals surface area contributed by atoms with E-state index >= 15 is 0 Å². The number of benzene rings is 1. The van der Waals surface area contributed by atoms with Gasteiger partial charge in [-0.1, -0.05) is 32.0 Å². The summed E-state index contributed by atoms with van der Waals surface area (Å²) in [6.07, 6.45) is 0.835. The molecule has 0 saturated heterocycles. The van der Waals surface area contributed by atoms with Gasteiger partial charge in [0.25, 0.3) is 5.56 Å². The predicted octanol–water partition coefficient (Wildman–Crippen LogP) is 2.57. The van der Waals surface area contributed by atoms with Gasteiger partial charge in [-0.05, 0) is 29.9 Å². The summed E-state index contributed by atoms with van der Waals surface area (Å²) in [7, 11) is 0. The Morgan fingerprint density at radius 3 is 2.64 bits per heavy atom. The molecule has 0 aliphatic carbocycles. The molecule has 8 heteroatoms. The van der Waals surface area contributed by atoms with Gasteiger partial charge < -0.3 is 5.32 Å². The molecular formula is C20H22FN3O3S. The average Bonchev–Trinajstić information content (AvgIpc) is 3.13. The molecule has 0 aliphatic heterocycles. The van der Waals surface area contributed by atoms with Crippen LogP contribution in [-0.4, -0.2) is 21.6 Å². The van der Waals surface area contributed by atoms with Gasteiger partial charge in [-0.15, -0.1) is 11.3 Å². The number of amides is 1. The van der Waals surface area contributed by atoms with Crippen LogP contribution in [-0.2, 0) is 17.9 Å². The van der Waals surface area contributed by atoms with Crippen LogP contribution in [0.4, 0.5) is 4.39 Å². The zero-order chi connectivity index (χ0) is 20.3. The summed E-state index contributed by atoms with van der Waals surface area (Å²) < 4.78 is 16.6. The standard InChI is InChI=1S/C20H22FN3O3S/c1-13(2)7-9-22-17(25)12-23-16-8-10-28-18(16)19(26)24(20(23)27)11-14-5-3-4-6-15(14)21/h3-6,8,10,13H,7,9,11-12H2,1-2H3,(H,22,25). The van der Waals surface area contributed by atoms with Gasteiger partial charge in [0.15, 0.2) is 0 Å². The summed E-state index contributed by atoms with van der Waals surface area (Å²) in [6, 6.07) is 7.66. The van der Waals surface area contributed by atoms with Crippen LogP contribution in [0.5, 0.6) is 0 Å². The van der Waals surface area contributed by atoms with E-state index in [1.807, 2.05) is 0 Å². The lowest BCUT2D eigenvalue weighted by Gasteiger charge is -2.13. The van der Waals surface area contributed by atoms with E-state index in [1.165, 1.54) is 28.0 Å². The van der Waals surface area contributed by atoms with Crippen molar-refractivity contribution in [1.82, 2.24) is 14.5 Å². The molecule has 0 saturated carbocycles. The van der Waals surface area contributed by atoms with Crippen molar-refractivity contribution in [3.63, 3.8) is 0 Å². The van der Waals surface area contributed by atoms with Gasteiger partial charge in [-0.2, -0.15) is 0 Å². The first-order valence-corrected chi connectivity index (χ1v) is 9.97. The van der Waals surface area contributed by atoms with E-state index in [1.54, 1.807) is 23.6 Å². The highest BCUT2D eigenvalue weighted by molar-refractivity contribution is 7.17. The van der Waals surface area contributed by atoms with Gasteiger partial charge in [0.1, 0.15) is 17.1 Å². The molecule has 2 heterocycles. The van der Waals surface area contributed by atoms with Crippen LogP contribution in [0.3, 0.4) is 0 Å². The van der Waals surface area contributed by atoms with Gasteiger partial charge in [0, 0.05) is 12.1 Å². The molecule has 0 radical (unpaired) electrons. The van der Waals surface area contributed by atoms with Crippen molar-refractivity contribution < 1.29 is 9.18 Å². The normalized spacial score (nSPS) is 11.3. The molecule has 2 aromatic heterocycles. The molecule has 6 nitrogen and oxygen atoms in total. The maximum Gasteiger partial charge on any atom is 0.332 e. The van der Waals surface area contributed by atoms with E-state index in [4.69, 9.17) is 0 Å². The molecule has 3 aromatic rings. The maximum atomic E-state index is 14.0. The van der Waals surface area contributed by atoms with Gasteiger partial charge in [-0.3, -0.25) is 18.7 Å². The van der Waals surface area contributed by atoms with Crippen molar-refractivity contribution in [1.29, 1.82) is 0 Å². The Kier molecular flexibility index (Phi) is 6.08. The number of hydrogen-bond donors (Lipinski definition) is 1. The average molecular weight is 403 g/mol. The van der Waals surface area contributed by atoms with Gasteiger partial charge >= 0.3 is 5.69 Å². The minimum Gasteiger partial charge on any atom is -0.355 e. The monoisotopic (exact) mass is 403 g/mol. The Bertz CT molecular complexity index is 1110. The summed E-state index contributed by atoms with van der Waals surface area (Å²) in [5, 5.41) is 4.50. The summed E-state index contributed by atoms with van der Waals surface area (Å²) in [4.78, 5) is 38.0. The number of nitrogens with zero attached hydrogens (tertiary/aromatic N) is 2. The summed E-state index contributed by atoms with van der Waals surface area (Å²) >= 11 is 1.20. The number of halogens is 1. The van der Waals surface area contributed by atoms with Crippen LogP contribution in [0.25, 0.3) is 10.2 Å². The number of thiophene rings is 1. The Balaban J connectivity index is 1.98. The van der Waals surface area contributed by atoms with E-state index in [0.29, 0.717) is 22.7 Å². The van der Waals surface area contributed by atoms with E-state index in [2.05, 4.69) is 19.2 Å². The van der Waals surface area contributed by atoms with Gasteiger partial charge in [0.05, 0.1) is 12.1 Å². The van der Waals surface area contributed by atoms with Crippen LogP contribution in [0.15, 0.2) is 45.3 Å². The second kappa shape index (κ2) is 8.52. The molecule has 148 valence electrons. The maximum absolute atomic E-state index is 14.0. The van der Waals surface area contributed by atoms with Crippen molar-refractivity contribution in [3.05, 3.63) is 67.9 Å². The molecule has 28 heavy (non-hydrogen) atoms. The van der Waals surface area contributed by atoms with Crippen molar-refractivity contribution in [2.24, 2.45) is 5.92 Å². The lowest BCUT2D eigenvalue weighted by molar-refractivity contribution is -0.121. The molecule has 0 fully saturated rings. The molecule has 0 atom stereocenters. The highest BCUT2D eigenvalue weighted by atomic mass is 32.1. The van der Waals surface area contributed by atoms with E-state index in [0.717, 1.165) is 11.0 Å². The van der Waals surface area contributed by atoms with Crippen LogP contribution >= 0.6 is 11.3 Å². The van der Waals surface area contributed by atoms with Crippen LogP contribution in [0.2, 0.25) is 0 Å². The zero-order valence-electron chi connectivity index (χ0n) is 15.8. The highest BCUT2D eigenvalue weighted by Crippen LogP contribution is 2.16. The number of aromatic nitrogens is 2. The lowest BCUT2D eigenvalue weighted by Crippen LogP contribution is -2.42. The summed E-state index contributed by atoms with van der Waals surface area (Å²) in [6.45, 7) is 4.26. The number of nitrogens with one attached hydrogen (secondary N) is 1. The quantitative estimate of drug-likeness (QED) is 0.659. The number of fused-ring (bicyclic) bond motifs is 1. The SMILES string of the molecule is CC(C)CCNC(=O)Cn1c(=O)n(Cc2ccccc2F)c(=O)c2sccc21. The van der Waals surface area contributed by atoms with Gasteiger partial charge in [-0.25, -0.2) is 9.18 Å². The van der Waals surface area contributed by atoms with Gasteiger partial charge in [0.2, 0.25) is 5.91 Å². The minimum absolute atomic E-state index is 0.187. The zero-order valence-corrected chi connectivity index (χ0v) is 16.6. The molecule has 1 aromatic carbocycles. The predicted molar refractivity (Wildman–Crippen MR) is 108 cm³/mol. The minimum atomic E-state index is -0.627. The topological polar surface area (TPSA) is 73.1 Å². The molecule has 1 amide bonds. The smallest absolute Gasteiger partial charge is 0.332 e. The number of rotatable bonds is 7. The van der Waals surface area contributed by atoms with Crippen molar-refractivity contribution in [2.75, 3.05) is 6.54 Å². The molecule has 1 N–H and O–H groups in total. The first kappa shape index (κ1) is 20.0. The highest BCUT2D eigenvalue weighted by Gasteiger charge is 2.17. The van der Waals surface area contributed by atoms with Crippen molar-refractivity contribution in [2.45, 2.75) is 33.4 Å². The van der Waals surface area contributed by atoms with Crippen LogP contribution < -0.4 is 16.6 Å². The first-order chi connectivity index (χ1) is 13.4. The third kappa shape index (κ3) is 4.22. The Hall–Kier alpha value is -2.74. The summed E-state index contributed by atoms with van der Waals surface area (Å²) in [5.74, 6) is -0.335. The van der Waals surface area contributed by atoms with E-state index < -0.39 is 17.1 Å². The fraction of sp³-hybridized carbons (Fsp3) is 0.350. The fourth-order valence-electron chi connectivity index (χ4n) is 2.92. The number of carbonyl (C=O) groups is 1. The van der Waals surface area contributed by atoms with E-state index in [9.17, 15) is 18.8 Å². The number of carbonyl (C=O) groups excluding carboxylic acids is 1. The lowest BCUT2D eigenvalue weighted by atomic mass is 10.1. The van der Waals surface area contributed by atoms with Crippen LogP contribution in [0.1, 0.15) is 25.8 Å².